The van der Waals surface area contributed by atoms with Crippen molar-refractivity contribution < 1.29 is 13.9 Å². The predicted octanol–water partition coefficient (Wildman–Crippen LogP) is 1.68. The molecule has 1 aliphatic carbocycles. The second kappa shape index (κ2) is 3.57. The molecule has 2 bridgehead atoms. The van der Waals surface area contributed by atoms with Crippen molar-refractivity contribution in [3.05, 3.63) is 0 Å². The van der Waals surface area contributed by atoms with Gasteiger partial charge in [-0.05, 0) is 40.2 Å². The standard InChI is InChI=1S/C12H21FN2O2/c1-10(2,3)17-9(16)15-8-11(7-14)4-12(15,5-11)6-13/h4-8,14H2,1-3H3. The predicted molar refractivity (Wildman–Crippen MR) is 62.4 cm³/mol. The molecule has 17 heavy (non-hydrogen) atoms. The zero-order valence-corrected chi connectivity index (χ0v) is 10.8. The van der Waals surface area contributed by atoms with E-state index in [2.05, 4.69) is 0 Å². The zero-order valence-electron chi connectivity index (χ0n) is 10.8. The van der Waals surface area contributed by atoms with Crippen LogP contribution in [0.5, 0.6) is 0 Å². The minimum atomic E-state index is -0.637. The normalized spacial score (nSPS) is 35.7. The van der Waals surface area contributed by atoms with E-state index in [0.717, 1.165) is 0 Å². The molecule has 4 nitrogen and oxygen atoms in total. The van der Waals surface area contributed by atoms with Crippen LogP contribution >= 0.6 is 0 Å². The fraction of sp³-hybridized carbons (Fsp3) is 0.917. The zero-order chi connectivity index (χ0) is 12.9. The lowest BCUT2D eigenvalue weighted by atomic mass is 9.62. The van der Waals surface area contributed by atoms with E-state index < -0.39 is 23.9 Å². The first-order chi connectivity index (χ1) is 7.76. The Labute approximate surface area is 101 Å². The van der Waals surface area contributed by atoms with Gasteiger partial charge in [-0.25, -0.2) is 9.18 Å². The Bertz CT molecular complexity index is 332. The number of nitrogens with zero attached hydrogens (tertiary/aromatic N) is 1. The van der Waals surface area contributed by atoms with Crippen LogP contribution in [0.3, 0.4) is 0 Å². The molecule has 0 aromatic heterocycles. The molecule has 0 aromatic carbocycles. The summed E-state index contributed by atoms with van der Waals surface area (Å²) in [5, 5.41) is 0. The summed E-state index contributed by atoms with van der Waals surface area (Å²) in [7, 11) is 0. The van der Waals surface area contributed by atoms with Crippen molar-refractivity contribution in [1.82, 2.24) is 4.90 Å². The van der Waals surface area contributed by atoms with Gasteiger partial charge in [0.05, 0.1) is 5.54 Å². The Balaban J connectivity index is 2.10. The van der Waals surface area contributed by atoms with Crippen molar-refractivity contribution in [1.29, 1.82) is 0 Å². The number of rotatable bonds is 2. The van der Waals surface area contributed by atoms with E-state index in [1.165, 1.54) is 0 Å². The number of carbonyl (C=O) groups excluding carboxylic acids is 1. The van der Waals surface area contributed by atoms with Crippen LogP contribution in [0.15, 0.2) is 0 Å². The highest BCUT2D eigenvalue weighted by atomic mass is 19.1. The van der Waals surface area contributed by atoms with Gasteiger partial charge in [0.1, 0.15) is 12.3 Å². The maximum Gasteiger partial charge on any atom is 0.410 e. The summed E-state index contributed by atoms with van der Waals surface area (Å²) in [5.41, 5.74) is 4.46. The van der Waals surface area contributed by atoms with Gasteiger partial charge in [-0.3, -0.25) is 4.90 Å². The second-order valence-corrected chi connectivity index (χ2v) is 6.48. The van der Waals surface area contributed by atoms with Gasteiger partial charge < -0.3 is 10.5 Å². The molecule has 2 aliphatic heterocycles. The van der Waals surface area contributed by atoms with Crippen LogP contribution in [0.4, 0.5) is 9.18 Å². The van der Waals surface area contributed by atoms with Gasteiger partial charge in [0.25, 0.3) is 0 Å². The summed E-state index contributed by atoms with van der Waals surface area (Å²) in [6.07, 6.45) is 0.932. The number of halogens is 1. The third kappa shape index (κ3) is 1.90. The monoisotopic (exact) mass is 244 g/mol. The number of ether oxygens (including phenoxy) is 1. The van der Waals surface area contributed by atoms with Gasteiger partial charge in [-0.15, -0.1) is 0 Å². The molecular formula is C12H21FN2O2. The van der Waals surface area contributed by atoms with E-state index in [9.17, 15) is 9.18 Å². The Hall–Kier alpha value is -0.840. The van der Waals surface area contributed by atoms with Crippen LogP contribution in [0.25, 0.3) is 0 Å². The lowest BCUT2D eigenvalue weighted by molar-refractivity contribution is -0.00529. The quantitative estimate of drug-likeness (QED) is 0.804. The third-order valence-corrected chi connectivity index (χ3v) is 3.77. The van der Waals surface area contributed by atoms with Crippen LogP contribution in [0.2, 0.25) is 0 Å². The smallest absolute Gasteiger partial charge is 0.410 e. The molecule has 1 amide bonds. The first-order valence-corrected chi connectivity index (χ1v) is 6.03. The van der Waals surface area contributed by atoms with Gasteiger partial charge in [0.2, 0.25) is 0 Å². The lowest BCUT2D eigenvalue weighted by Gasteiger charge is -2.45. The Kier molecular flexibility index (Phi) is 2.65. The molecular weight excluding hydrogens is 223 g/mol. The summed E-state index contributed by atoms with van der Waals surface area (Å²) in [4.78, 5) is 13.6. The highest BCUT2D eigenvalue weighted by Gasteiger charge is 2.66. The molecule has 2 heterocycles. The van der Waals surface area contributed by atoms with E-state index in [1.807, 2.05) is 20.8 Å². The van der Waals surface area contributed by atoms with E-state index in [-0.39, 0.29) is 5.41 Å². The maximum atomic E-state index is 13.2. The number of hydrogen-bond donors (Lipinski definition) is 1. The van der Waals surface area contributed by atoms with Crippen LogP contribution in [0.1, 0.15) is 33.6 Å². The van der Waals surface area contributed by atoms with E-state index in [1.54, 1.807) is 4.90 Å². The van der Waals surface area contributed by atoms with Crippen molar-refractivity contribution >= 4 is 6.09 Å². The fourth-order valence-electron chi connectivity index (χ4n) is 3.10. The SMILES string of the molecule is CC(C)(C)OC(=O)N1CC2(CN)CC1(CF)C2. The van der Waals surface area contributed by atoms with Crippen LogP contribution in [-0.2, 0) is 4.74 Å². The molecule has 0 radical (unpaired) electrons. The number of amides is 1. The highest BCUT2D eigenvalue weighted by molar-refractivity contribution is 5.71. The first-order valence-electron chi connectivity index (χ1n) is 6.03. The summed E-state index contributed by atoms with van der Waals surface area (Å²) in [5.74, 6) is 0. The molecule has 0 aromatic rings. The lowest BCUT2D eigenvalue weighted by Crippen LogP contribution is -2.54. The molecule has 98 valence electrons. The molecule has 3 rings (SSSR count). The molecule has 1 saturated carbocycles. The maximum absolute atomic E-state index is 13.2. The molecule has 0 unspecified atom stereocenters. The Morgan fingerprint density at radius 2 is 2.06 bits per heavy atom. The molecule has 5 heteroatoms. The van der Waals surface area contributed by atoms with E-state index in [0.29, 0.717) is 25.9 Å². The van der Waals surface area contributed by atoms with Crippen molar-refractivity contribution in [2.24, 2.45) is 11.1 Å². The van der Waals surface area contributed by atoms with Crippen LogP contribution in [0, 0.1) is 5.41 Å². The average molecular weight is 244 g/mol. The topological polar surface area (TPSA) is 55.6 Å². The number of hydrogen-bond acceptors (Lipinski definition) is 3. The summed E-state index contributed by atoms with van der Waals surface area (Å²) >= 11 is 0. The second-order valence-electron chi connectivity index (χ2n) is 6.48. The Morgan fingerprint density at radius 3 is 2.47 bits per heavy atom. The summed E-state index contributed by atoms with van der Waals surface area (Å²) in [6.45, 7) is 5.97. The van der Waals surface area contributed by atoms with Crippen molar-refractivity contribution in [2.45, 2.75) is 44.8 Å². The minimum Gasteiger partial charge on any atom is -0.444 e. The molecule has 2 saturated heterocycles. The largest absolute Gasteiger partial charge is 0.444 e. The molecule has 0 atom stereocenters. The van der Waals surface area contributed by atoms with Gasteiger partial charge in [0.15, 0.2) is 0 Å². The number of fused-ring (bicyclic) bond motifs is 1. The highest BCUT2D eigenvalue weighted by Crippen LogP contribution is 2.59. The Morgan fingerprint density at radius 1 is 1.47 bits per heavy atom. The molecule has 3 aliphatic rings. The van der Waals surface area contributed by atoms with E-state index in [4.69, 9.17) is 10.5 Å². The van der Waals surface area contributed by atoms with Crippen LogP contribution in [-0.4, -0.2) is 41.9 Å². The van der Waals surface area contributed by atoms with Gasteiger partial charge in [-0.2, -0.15) is 0 Å². The van der Waals surface area contributed by atoms with Gasteiger partial charge in [0, 0.05) is 12.0 Å². The van der Waals surface area contributed by atoms with Crippen molar-refractivity contribution in [3.63, 3.8) is 0 Å². The number of nitrogens with two attached hydrogens (primary N) is 1. The van der Waals surface area contributed by atoms with E-state index >= 15 is 0 Å². The molecule has 3 fully saturated rings. The first kappa shape index (κ1) is 12.6. The minimum absolute atomic E-state index is 0.0665. The number of alkyl halides is 1. The molecule has 2 N–H and O–H groups in total. The summed E-state index contributed by atoms with van der Waals surface area (Å²) in [6, 6.07) is 0. The average Bonchev–Trinajstić information content (AvgIpc) is 2.64. The summed E-state index contributed by atoms with van der Waals surface area (Å²) < 4.78 is 18.5. The number of carbonyl (C=O) groups is 1. The van der Waals surface area contributed by atoms with Crippen molar-refractivity contribution in [2.75, 3.05) is 19.8 Å². The van der Waals surface area contributed by atoms with Crippen molar-refractivity contribution in [3.8, 4) is 0 Å². The van der Waals surface area contributed by atoms with Gasteiger partial charge in [-0.1, -0.05) is 0 Å². The van der Waals surface area contributed by atoms with Crippen LogP contribution < -0.4 is 5.73 Å². The fourth-order valence-corrected chi connectivity index (χ4v) is 3.10. The third-order valence-electron chi connectivity index (χ3n) is 3.77. The van der Waals surface area contributed by atoms with Gasteiger partial charge >= 0.3 is 6.09 Å². The molecule has 0 spiro atoms.